The minimum Gasteiger partial charge on any atom is -0.387 e. The van der Waals surface area contributed by atoms with Gasteiger partial charge in [-0.3, -0.25) is 4.79 Å². The number of pyridine rings is 1. The highest BCUT2D eigenvalue weighted by Gasteiger charge is 2.20. The first kappa shape index (κ1) is 24.5. The SMILES string of the molecule is Cc1cc(N2CCNCC2)cc2[nH]c(-c3c(NC[C@H](O)c4cccc(Cl)c4)[nH]c4ccccc4c3=O)nc12. The molecule has 0 spiro atoms. The molecule has 0 radical (unpaired) electrons. The number of nitrogens with one attached hydrogen (secondary N) is 4. The number of nitrogens with zero attached hydrogens (tertiary/aromatic N) is 2. The van der Waals surface area contributed by atoms with E-state index in [4.69, 9.17) is 16.6 Å². The molecule has 6 rings (SSSR count). The Labute approximate surface area is 224 Å². The van der Waals surface area contributed by atoms with Crippen molar-refractivity contribution >= 4 is 45.0 Å². The van der Waals surface area contributed by atoms with Crippen molar-refractivity contribution in [1.82, 2.24) is 20.3 Å². The Kier molecular flexibility index (Phi) is 6.53. The smallest absolute Gasteiger partial charge is 0.202 e. The minimum absolute atomic E-state index is 0.141. The number of aliphatic hydroxyl groups is 1. The van der Waals surface area contributed by atoms with Gasteiger partial charge in [-0.1, -0.05) is 35.9 Å². The fraction of sp³-hybridized carbons (Fsp3) is 0.241. The Bertz CT molecular complexity index is 1690. The third-order valence-corrected chi connectivity index (χ3v) is 7.33. The number of aromatic nitrogens is 3. The molecule has 8 nitrogen and oxygen atoms in total. The van der Waals surface area contributed by atoms with Gasteiger partial charge in [0.05, 0.1) is 22.7 Å². The lowest BCUT2D eigenvalue weighted by molar-refractivity contribution is 0.191. The minimum atomic E-state index is -0.823. The van der Waals surface area contributed by atoms with Crippen LogP contribution in [-0.4, -0.2) is 52.8 Å². The Hall–Kier alpha value is -3.85. The fourth-order valence-electron chi connectivity index (χ4n) is 5.12. The second-order valence-corrected chi connectivity index (χ2v) is 10.1. The molecule has 5 aromatic rings. The van der Waals surface area contributed by atoms with Gasteiger partial charge in [0.1, 0.15) is 17.2 Å². The first-order chi connectivity index (χ1) is 18.5. The van der Waals surface area contributed by atoms with Crippen molar-refractivity contribution in [3.8, 4) is 11.4 Å². The van der Waals surface area contributed by atoms with Gasteiger partial charge in [-0.15, -0.1) is 0 Å². The predicted octanol–water partition coefficient (Wildman–Crippen LogP) is 4.59. The number of aliphatic hydroxyl groups excluding tert-OH is 1. The zero-order valence-corrected chi connectivity index (χ0v) is 21.8. The predicted molar refractivity (Wildman–Crippen MR) is 154 cm³/mol. The molecular weight excluding hydrogens is 500 g/mol. The molecule has 0 amide bonds. The number of halogens is 1. The molecule has 5 N–H and O–H groups in total. The standard InChI is InChI=1S/C29H29ClN6O2/c1-17-13-20(36-11-9-31-10-12-36)15-23-26(17)35-29(34-23)25-27(38)21-7-2-3-8-22(21)33-28(25)32-16-24(37)18-5-4-6-19(30)14-18/h2-8,13-15,24,31,37H,9-12,16H2,1H3,(H,34,35)(H2,32,33,38)/t24-/m0/s1. The van der Waals surface area contributed by atoms with E-state index in [0.717, 1.165) is 48.5 Å². The number of hydrogen-bond acceptors (Lipinski definition) is 6. The maximum atomic E-state index is 13.8. The second-order valence-electron chi connectivity index (χ2n) is 9.68. The number of para-hydroxylation sites is 1. The maximum absolute atomic E-state index is 13.8. The first-order valence-corrected chi connectivity index (χ1v) is 13.1. The summed E-state index contributed by atoms with van der Waals surface area (Å²) in [4.78, 5) is 27.8. The van der Waals surface area contributed by atoms with Crippen LogP contribution in [0, 0.1) is 6.92 Å². The number of imidazole rings is 1. The first-order valence-electron chi connectivity index (χ1n) is 12.8. The number of hydrogen-bond donors (Lipinski definition) is 5. The highest BCUT2D eigenvalue weighted by molar-refractivity contribution is 6.30. The van der Waals surface area contributed by atoms with Gasteiger partial charge < -0.3 is 30.6 Å². The second kappa shape index (κ2) is 10.1. The summed E-state index contributed by atoms with van der Waals surface area (Å²) in [7, 11) is 0. The van der Waals surface area contributed by atoms with Gasteiger partial charge in [0.25, 0.3) is 0 Å². The average molecular weight is 529 g/mol. The number of benzene rings is 3. The summed E-state index contributed by atoms with van der Waals surface area (Å²) in [5.74, 6) is 0.973. The van der Waals surface area contributed by atoms with Gasteiger partial charge in [0.2, 0.25) is 5.43 Å². The molecule has 1 fully saturated rings. The van der Waals surface area contributed by atoms with E-state index in [2.05, 4.69) is 37.6 Å². The van der Waals surface area contributed by atoms with Crippen molar-refractivity contribution < 1.29 is 5.11 Å². The third-order valence-electron chi connectivity index (χ3n) is 7.09. The van der Waals surface area contributed by atoms with Gasteiger partial charge >= 0.3 is 0 Å². The molecular formula is C29H29ClN6O2. The van der Waals surface area contributed by atoms with Gasteiger partial charge in [0, 0.05) is 48.8 Å². The van der Waals surface area contributed by atoms with E-state index >= 15 is 0 Å². The van der Waals surface area contributed by atoms with Crippen LogP contribution in [0.25, 0.3) is 33.3 Å². The van der Waals surface area contributed by atoms with Crippen LogP contribution in [0.15, 0.2) is 65.5 Å². The topological polar surface area (TPSA) is 109 Å². The molecule has 1 aliphatic rings. The Morgan fingerprint density at radius 2 is 1.87 bits per heavy atom. The van der Waals surface area contributed by atoms with Crippen LogP contribution in [0.4, 0.5) is 11.5 Å². The van der Waals surface area contributed by atoms with Crippen LogP contribution in [0.3, 0.4) is 0 Å². The normalized spacial score (nSPS) is 14.8. The summed E-state index contributed by atoms with van der Waals surface area (Å²) < 4.78 is 0. The fourth-order valence-corrected chi connectivity index (χ4v) is 5.32. The summed E-state index contributed by atoms with van der Waals surface area (Å²) in [6.45, 7) is 6.01. The molecule has 0 bridgehead atoms. The molecule has 9 heteroatoms. The number of piperazine rings is 1. The van der Waals surface area contributed by atoms with Crippen molar-refractivity contribution in [2.45, 2.75) is 13.0 Å². The molecule has 194 valence electrons. The Morgan fingerprint density at radius 3 is 2.68 bits per heavy atom. The van der Waals surface area contributed by atoms with Crippen LogP contribution in [-0.2, 0) is 0 Å². The molecule has 0 saturated carbocycles. The van der Waals surface area contributed by atoms with Gasteiger partial charge in [-0.25, -0.2) is 4.98 Å². The zero-order valence-electron chi connectivity index (χ0n) is 21.0. The number of aryl methyl sites for hydroxylation is 1. The zero-order chi connectivity index (χ0) is 26.2. The van der Waals surface area contributed by atoms with E-state index in [1.54, 1.807) is 24.3 Å². The van der Waals surface area contributed by atoms with E-state index in [-0.39, 0.29) is 12.0 Å². The number of anilines is 2. The molecule has 38 heavy (non-hydrogen) atoms. The van der Waals surface area contributed by atoms with Crippen molar-refractivity contribution in [3.05, 3.63) is 87.0 Å². The maximum Gasteiger partial charge on any atom is 0.202 e. The van der Waals surface area contributed by atoms with Crippen LogP contribution < -0.4 is 21.0 Å². The van der Waals surface area contributed by atoms with Crippen LogP contribution in [0.2, 0.25) is 5.02 Å². The number of aromatic amines is 2. The van der Waals surface area contributed by atoms with Crippen molar-refractivity contribution in [2.24, 2.45) is 0 Å². The van der Waals surface area contributed by atoms with E-state index in [0.29, 0.717) is 38.7 Å². The van der Waals surface area contributed by atoms with E-state index in [1.165, 1.54) is 0 Å². The van der Waals surface area contributed by atoms with E-state index in [1.807, 2.05) is 31.2 Å². The summed E-state index contributed by atoms with van der Waals surface area (Å²) in [5.41, 5.74) is 5.55. The molecule has 1 aliphatic heterocycles. The summed E-state index contributed by atoms with van der Waals surface area (Å²) >= 11 is 6.11. The molecule has 3 aromatic carbocycles. The molecule has 3 heterocycles. The number of rotatable bonds is 6. The Balaban J connectivity index is 1.42. The average Bonchev–Trinajstić information content (AvgIpc) is 3.36. The monoisotopic (exact) mass is 528 g/mol. The molecule has 2 aromatic heterocycles. The molecule has 0 aliphatic carbocycles. The van der Waals surface area contributed by atoms with Crippen molar-refractivity contribution in [3.63, 3.8) is 0 Å². The molecule has 1 saturated heterocycles. The molecule has 0 unspecified atom stereocenters. The quantitative estimate of drug-likeness (QED) is 0.220. The van der Waals surface area contributed by atoms with Crippen molar-refractivity contribution in [2.75, 3.05) is 42.9 Å². The molecule has 1 atom stereocenters. The van der Waals surface area contributed by atoms with E-state index < -0.39 is 6.10 Å². The van der Waals surface area contributed by atoms with Gasteiger partial charge in [0.15, 0.2) is 0 Å². The number of H-pyrrole nitrogens is 2. The third kappa shape index (κ3) is 4.62. The summed E-state index contributed by atoms with van der Waals surface area (Å²) in [5, 5.41) is 18.6. The Morgan fingerprint density at radius 1 is 1.05 bits per heavy atom. The highest BCUT2D eigenvalue weighted by atomic mass is 35.5. The summed E-state index contributed by atoms with van der Waals surface area (Å²) in [6.07, 6.45) is -0.823. The van der Waals surface area contributed by atoms with Gasteiger partial charge in [-0.2, -0.15) is 0 Å². The largest absolute Gasteiger partial charge is 0.387 e. The lowest BCUT2D eigenvalue weighted by Gasteiger charge is -2.29. The highest BCUT2D eigenvalue weighted by Crippen LogP contribution is 2.30. The lowest BCUT2D eigenvalue weighted by Crippen LogP contribution is -2.43. The number of fused-ring (bicyclic) bond motifs is 2. The lowest BCUT2D eigenvalue weighted by atomic mass is 10.1. The van der Waals surface area contributed by atoms with Crippen LogP contribution >= 0.6 is 11.6 Å². The van der Waals surface area contributed by atoms with Crippen molar-refractivity contribution in [1.29, 1.82) is 0 Å². The van der Waals surface area contributed by atoms with E-state index in [9.17, 15) is 9.90 Å². The van der Waals surface area contributed by atoms with Crippen LogP contribution in [0.1, 0.15) is 17.2 Å². The van der Waals surface area contributed by atoms with Crippen LogP contribution in [0.5, 0.6) is 0 Å². The van der Waals surface area contributed by atoms with Gasteiger partial charge in [-0.05, 0) is 54.4 Å². The summed E-state index contributed by atoms with van der Waals surface area (Å²) in [6, 6.07) is 18.8.